The maximum absolute atomic E-state index is 13.7. The molecular weight excluding hydrogens is 662 g/mol. The van der Waals surface area contributed by atoms with E-state index >= 15 is 0 Å². The van der Waals surface area contributed by atoms with Crippen LogP contribution in [0.2, 0.25) is 0 Å². The minimum absolute atomic E-state index is 0.0282. The second kappa shape index (κ2) is 21.8. The van der Waals surface area contributed by atoms with Gasteiger partial charge in [0.05, 0.1) is 25.0 Å². The van der Waals surface area contributed by atoms with Crippen LogP contribution < -0.4 is 26.6 Å². The van der Waals surface area contributed by atoms with Gasteiger partial charge in [-0.3, -0.25) is 19.2 Å². The van der Waals surface area contributed by atoms with Crippen molar-refractivity contribution in [2.75, 3.05) is 12.0 Å². The molecule has 6 N–H and O–H groups in total. The third-order valence-corrected chi connectivity index (χ3v) is 8.43. The van der Waals surface area contributed by atoms with E-state index in [4.69, 9.17) is 9.15 Å². The Morgan fingerprint density at radius 2 is 1.44 bits per heavy atom. The summed E-state index contributed by atoms with van der Waals surface area (Å²) < 4.78 is 10.6. The quantitative estimate of drug-likeness (QED) is 0.108. The maximum Gasteiger partial charge on any atom is 0.408 e. The molecule has 1 heterocycles. The molecule has 6 atom stereocenters. The van der Waals surface area contributed by atoms with Crippen molar-refractivity contribution in [1.82, 2.24) is 26.6 Å². The number of hydrogen-bond donors (Lipinski definition) is 6. The molecule has 0 aliphatic carbocycles. The zero-order valence-electron chi connectivity index (χ0n) is 31.9. The molecule has 5 amide bonds. The molecule has 1 aromatic rings. The standard InChI is InChI=1S/C36H63N5O8S/c1-21(2)17-27(29(42)19-24(7)31(43)41-30(23(5)6)34(46)37-20-25-13-12-15-48-25)39-32(44)26(14-16-50-11)38-33(45)28(18-22(3)4)40-35(47)49-36(8,9)10/h12-13,15,21-24,26-30,42H,14,16-20H2,1-11H3,(H,37,46)(H,38,45)(H,39,44)(H,40,47)(H,41,43)/t24-,26+,27+,28+,29+,30+/m1/s1. The number of carbonyl (C=O) groups excluding carboxylic acids is 5. The first-order valence-electron chi connectivity index (χ1n) is 17.6. The number of carbonyl (C=O) groups is 5. The van der Waals surface area contributed by atoms with Gasteiger partial charge in [-0.1, -0.05) is 48.5 Å². The van der Waals surface area contributed by atoms with Crippen LogP contribution in [0.25, 0.3) is 0 Å². The summed E-state index contributed by atoms with van der Waals surface area (Å²) in [5.74, 6) is -1.29. The van der Waals surface area contributed by atoms with Gasteiger partial charge in [0, 0.05) is 5.92 Å². The molecule has 0 spiro atoms. The fourth-order valence-electron chi connectivity index (χ4n) is 5.19. The fourth-order valence-corrected chi connectivity index (χ4v) is 5.67. The summed E-state index contributed by atoms with van der Waals surface area (Å²) in [6, 6.07) is 0.1000. The van der Waals surface area contributed by atoms with Crippen molar-refractivity contribution in [3.8, 4) is 0 Å². The Labute approximate surface area is 302 Å². The number of furan rings is 1. The minimum atomic E-state index is -1.09. The summed E-state index contributed by atoms with van der Waals surface area (Å²) in [6.07, 6.45) is 2.70. The number of nitrogens with one attached hydrogen (secondary N) is 5. The summed E-state index contributed by atoms with van der Waals surface area (Å²) in [6.45, 7) is 18.5. The van der Waals surface area contributed by atoms with Gasteiger partial charge in [0.15, 0.2) is 0 Å². The van der Waals surface area contributed by atoms with Crippen molar-refractivity contribution in [3.05, 3.63) is 24.2 Å². The van der Waals surface area contributed by atoms with Crippen LogP contribution in [0.5, 0.6) is 0 Å². The van der Waals surface area contributed by atoms with Gasteiger partial charge in [0.2, 0.25) is 23.6 Å². The monoisotopic (exact) mass is 725 g/mol. The average Bonchev–Trinajstić information content (AvgIpc) is 3.51. The van der Waals surface area contributed by atoms with Gasteiger partial charge in [0.25, 0.3) is 0 Å². The van der Waals surface area contributed by atoms with E-state index in [0.29, 0.717) is 30.8 Å². The molecule has 1 aromatic heterocycles. The predicted molar refractivity (Wildman–Crippen MR) is 196 cm³/mol. The lowest BCUT2D eigenvalue weighted by Gasteiger charge is -2.30. The highest BCUT2D eigenvalue weighted by Gasteiger charge is 2.33. The molecule has 0 bridgehead atoms. The lowest BCUT2D eigenvalue weighted by atomic mass is 9.91. The zero-order chi connectivity index (χ0) is 38.2. The van der Waals surface area contributed by atoms with Crippen molar-refractivity contribution in [3.63, 3.8) is 0 Å². The SMILES string of the molecule is CSCC[C@H](NC(=O)[C@H](CC(C)C)NC(=O)OC(C)(C)C)C(=O)N[C@@H](CC(C)C)[C@@H](O)C[C@@H](C)C(=O)N[C@H](C(=O)NCc1ccco1)C(C)C. The molecule has 1 rings (SSSR count). The molecule has 14 heteroatoms. The van der Waals surface area contributed by atoms with Crippen molar-refractivity contribution < 1.29 is 38.2 Å². The van der Waals surface area contributed by atoms with E-state index in [9.17, 15) is 29.1 Å². The Morgan fingerprint density at radius 1 is 0.820 bits per heavy atom. The summed E-state index contributed by atoms with van der Waals surface area (Å²) in [5, 5.41) is 25.4. The van der Waals surface area contributed by atoms with Crippen LogP contribution >= 0.6 is 11.8 Å². The lowest BCUT2D eigenvalue weighted by molar-refractivity contribution is -0.133. The summed E-state index contributed by atoms with van der Waals surface area (Å²) >= 11 is 1.52. The predicted octanol–water partition coefficient (Wildman–Crippen LogP) is 4.13. The zero-order valence-corrected chi connectivity index (χ0v) is 32.7. The fraction of sp³-hybridized carbons (Fsp3) is 0.750. The number of alkyl carbamates (subject to hydrolysis) is 1. The van der Waals surface area contributed by atoms with Crippen LogP contribution in [0, 0.1) is 23.7 Å². The normalized spacial score (nSPS) is 15.4. The van der Waals surface area contributed by atoms with E-state index in [1.807, 2.05) is 47.8 Å². The second-order valence-corrected chi connectivity index (χ2v) is 16.1. The largest absolute Gasteiger partial charge is 0.467 e. The first-order valence-corrected chi connectivity index (χ1v) is 19.0. The number of thioether (sulfide) groups is 1. The molecule has 13 nitrogen and oxygen atoms in total. The van der Waals surface area contributed by atoms with E-state index in [-0.39, 0.29) is 36.6 Å². The van der Waals surface area contributed by atoms with Crippen LogP contribution in [-0.2, 0) is 30.5 Å². The number of rotatable bonds is 21. The number of hydrogen-bond acceptors (Lipinski definition) is 9. The Bertz CT molecular complexity index is 1200. The number of aliphatic hydroxyl groups excluding tert-OH is 1. The summed E-state index contributed by atoms with van der Waals surface area (Å²) in [5.41, 5.74) is -0.750. The summed E-state index contributed by atoms with van der Waals surface area (Å²) in [4.78, 5) is 65.9. The first-order chi connectivity index (χ1) is 23.2. The van der Waals surface area contributed by atoms with Crippen molar-refractivity contribution >= 4 is 41.5 Å². The molecule has 0 aromatic carbocycles. The Balaban J connectivity index is 3.02. The number of amides is 5. The van der Waals surface area contributed by atoms with Gasteiger partial charge in [-0.25, -0.2) is 4.79 Å². The van der Waals surface area contributed by atoms with Crippen LogP contribution in [0.4, 0.5) is 4.79 Å². The van der Waals surface area contributed by atoms with E-state index in [1.165, 1.54) is 18.0 Å². The van der Waals surface area contributed by atoms with E-state index < -0.39 is 65.6 Å². The average molecular weight is 726 g/mol. The highest BCUT2D eigenvalue weighted by molar-refractivity contribution is 7.98. The molecule has 0 unspecified atom stereocenters. The molecular formula is C36H63N5O8S. The second-order valence-electron chi connectivity index (χ2n) is 15.1. The third-order valence-electron chi connectivity index (χ3n) is 7.78. The molecule has 0 fully saturated rings. The minimum Gasteiger partial charge on any atom is -0.467 e. The molecule has 0 aliphatic rings. The Morgan fingerprint density at radius 3 is 1.96 bits per heavy atom. The van der Waals surface area contributed by atoms with Crippen molar-refractivity contribution in [2.45, 2.75) is 137 Å². The molecule has 0 saturated carbocycles. The van der Waals surface area contributed by atoms with Crippen molar-refractivity contribution in [2.24, 2.45) is 23.7 Å². The number of ether oxygens (including phenoxy) is 1. The molecule has 0 saturated heterocycles. The Kier molecular flexibility index (Phi) is 19.6. The van der Waals surface area contributed by atoms with Gasteiger partial charge in [-0.15, -0.1) is 0 Å². The topological polar surface area (TPSA) is 188 Å². The smallest absolute Gasteiger partial charge is 0.408 e. The van der Waals surface area contributed by atoms with E-state index in [2.05, 4.69) is 26.6 Å². The van der Waals surface area contributed by atoms with E-state index in [0.717, 1.165) is 0 Å². The van der Waals surface area contributed by atoms with Gasteiger partial charge >= 0.3 is 6.09 Å². The van der Waals surface area contributed by atoms with Gasteiger partial charge < -0.3 is 40.8 Å². The van der Waals surface area contributed by atoms with Gasteiger partial charge in [-0.2, -0.15) is 11.8 Å². The third kappa shape index (κ3) is 17.6. The van der Waals surface area contributed by atoms with Crippen LogP contribution in [0.15, 0.2) is 22.8 Å². The highest BCUT2D eigenvalue weighted by Crippen LogP contribution is 2.18. The maximum atomic E-state index is 13.7. The molecule has 50 heavy (non-hydrogen) atoms. The molecule has 286 valence electrons. The van der Waals surface area contributed by atoms with Crippen LogP contribution in [-0.4, -0.2) is 82.7 Å². The molecule has 0 radical (unpaired) electrons. The highest BCUT2D eigenvalue weighted by atomic mass is 32.2. The molecule has 0 aliphatic heterocycles. The van der Waals surface area contributed by atoms with Crippen LogP contribution in [0.1, 0.15) is 101 Å². The van der Waals surface area contributed by atoms with E-state index in [1.54, 1.807) is 39.8 Å². The first kappa shape index (κ1) is 44.8. The Hall–Kier alpha value is -3.26. The van der Waals surface area contributed by atoms with Crippen LogP contribution in [0.3, 0.4) is 0 Å². The van der Waals surface area contributed by atoms with Crippen molar-refractivity contribution in [1.29, 1.82) is 0 Å². The summed E-state index contributed by atoms with van der Waals surface area (Å²) in [7, 11) is 0. The number of aliphatic hydroxyl groups is 1. The van der Waals surface area contributed by atoms with Gasteiger partial charge in [0.1, 0.15) is 29.5 Å². The van der Waals surface area contributed by atoms with Gasteiger partial charge in [-0.05, 0) is 88.3 Å². The lowest BCUT2D eigenvalue weighted by Crippen LogP contribution is -2.57.